The second kappa shape index (κ2) is 6.29. The highest BCUT2D eigenvalue weighted by atomic mass is 19.3. The van der Waals surface area contributed by atoms with Gasteiger partial charge in [-0.05, 0) is 6.07 Å². The first-order valence-electron chi connectivity index (χ1n) is 4.51. The van der Waals surface area contributed by atoms with Crippen LogP contribution in [0, 0.1) is 0 Å². The lowest BCUT2D eigenvalue weighted by molar-refractivity contribution is 0.151. The third kappa shape index (κ3) is 3.68. The summed E-state index contributed by atoms with van der Waals surface area (Å²) in [6.45, 7) is 4.00. The normalized spacial score (nSPS) is 9.36. The van der Waals surface area contributed by atoms with E-state index in [4.69, 9.17) is 0 Å². The van der Waals surface area contributed by atoms with Crippen molar-refractivity contribution in [1.29, 1.82) is 0 Å². The maximum atomic E-state index is 12.2. The summed E-state index contributed by atoms with van der Waals surface area (Å²) in [5.41, 5.74) is 0.647. The zero-order valence-electron chi connectivity index (χ0n) is 8.96. The molecule has 4 heteroatoms. The van der Waals surface area contributed by atoms with Crippen LogP contribution in [0.25, 0.3) is 0 Å². The van der Waals surface area contributed by atoms with Crippen LogP contribution in [-0.4, -0.2) is 19.1 Å². The Labute approximate surface area is 83.6 Å². The molecule has 1 aromatic rings. The van der Waals surface area contributed by atoms with Crippen molar-refractivity contribution in [1.82, 2.24) is 4.98 Å². The number of hydrogen-bond donors (Lipinski definition) is 0. The number of alkyl halides is 2. The lowest BCUT2D eigenvalue weighted by Crippen LogP contribution is -2.09. The lowest BCUT2D eigenvalue weighted by atomic mass is 10.2. The zero-order chi connectivity index (χ0) is 11.1. The predicted octanol–water partition coefficient (Wildman–Crippen LogP) is 3.11. The molecule has 0 aliphatic heterocycles. The van der Waals surface area contributed by atoms with E-state index in [-0.39, 0.29) is 5.56 Å². The van der Waals surface area contributed by atoms with Crippen molar-refractivity contribution in [3.05, 3.63) is 24.0 Å². The van der Waals surface area contributed by atoms with Crippen LogP contribution in [0.4, 0.5) is 14.5 Å². The number of hydrogen-bond acceptors (Lipinski definition) is 2. The highest BCUT2D eigenvalue weighted by molar-refractivity contribution is 5.44. The summed E-state index contributed by atoms with van der Waals surface area (Å²) < 4.78 is 24.3. The third-order valence-electron chi connectivity index (χ3n) is 1.51. The predicted molar refractivity (Wildman–Crippen MR) is 54.9 cm³/mol. The molecule has 0 aliphatic rings. The molecule has 0 fully saturated rings. The molecule has 0 saturated heterocycles. The summed E-state index contributed by atoms with van der Waals surface area (Å²) in [6, 6.07) is 1.43. The Hall–Kier alpha value is -1.19. The average Bonchev–Trinajstić information content (AvgIpc) is 2.21. The van der Waals surface area contributed by atoms with E-state index in [2.05, 4.69) is 4.98 Å². The Kier molecular flexibility index (Phi) is 5.76. The minimum absolute atomic E-state index is 0.0406. The molecule has 2 nitrogen and oxygen atoms in total. The van der Waals surface area contributed by atoms with Crippen molar-refractivity contribution in [2.75, 3.05) is 19.0 Å². The van der Waals surface area contributed by atoms with Gasteiger partial charge in [-0.2, -0.15) is 0 Å². The van der Waals surface area contributed by atoms with Crippen molar-refractivity contribution in [2.24, 2.45) is 0 Å². The maximum Gasteiger partial charge on any atom is 0.265 e. The first-order valence-corrected chi connectivity index (χ1v) is 4.51. The lowest BCUT2D eigenvalue weighted by Gasteiger charge is -2.12. The third-order valence-corrected chi connectivity index (χ3v) is 1.51. The van der Waals surface area contributed by atoms with Gasteiger partial charge in [-0.1, -0.05) is 13.8 Å². The number of rotatable bonds is 2. The maximum absolute atomic E-state index is 12.2. The molecular weight excluding hydrogens is 186 g/mol. The van der Waals surface area contributed by atoms with Crippen molar-refractivity contribution in [3.8, 4) is 0 Å². The minimum Gasteiger partial charge on any atom is -0.376 e. The van der Waals surface area contributed by atoms with Crippen LogP contribution in [0.5, 0.6) is 0 Å². The molecule has 0 bridgehead atoms. The van der Waals surface area contributed by atoms with E-state index < -0.39 is 6.43 Å². The van der Waals surface area contributed by atoms with E-state index >= 15 is 0 Å². The molecule has 1 rings (SSSR count). The molecule has 0 aromatic carbocycles. The fourth-order valence-electron chi connectivity index (χ4n) is 0.809. The highest BCUT2D eigenvalue weighted by Crippen LogP contribution is 2.21. The van der Waals surface area contributed by atoms with Crippen LogP contribution in [0.15, 0.2) is 18.5 Å². The quantitative estimate of drug-likeness (QED) is 0.732. The average molecular weight is 202 g/mol. The Balaban J connectivity index is 0.000000791. The van der Waals surface area contributed by atoms with Crippen LogP contribution in [0.2, 0.25) is 0 Å². The summed E-state index contributed by atoms with van der Waals surface area (Å²) in [7, 11) is 3.57. The van der Waals surface area contributed by atoms with Crippen LogP contribution < -0.4 is 4.90 Å². The molecule has 0 amide bonds. The Morgan fingerprint density at radius 3 is 2.21 bits per heavy atom. The molecule has 14 heavy (non-hydrogen) atoms. The topological polar surface area (TPSA) is 16.1 Å². The minimum atomic E-state index is -2.45. The monoisotopic (exact) mass is 202 g/mol. The molecule has 1 heterocycles. The number of nitrogens with zero attached hydrogens (tertiary/aromatic N) is 2. The fourth-order valence-corrected chi connectivity index (χ4v) is 0.809. The molecule has 0 N–H and O–H groups in total. The van der Waals surface area contributed by atoms with Gasteiger partial charge in [0.25, 0.3) is 6.43 Å². The molecule has 80 valence electrons. The van der Waals surface area contributed by atoms with Gasteiger partial charge >= 0.3 is 0 Å². The molecule has 1 aromatic heterocycles. The first-order chi connectivity index (χ1) is 6.61. The van der Waals surface area contributed by atoms with E-state index in [1.54, 1.807) is 25.2 Å². The SMILES string of the molecule is CC.CN(C)c1cncc(C(F)F)c1. The van der Waals surface area contributed by atoms with Crippen LogP contribution in [0.1, 0.15) is 25.8 Å². The van der Waals surface area contributed by atoms with Gasteiger partial charge in [-0.3, -0.25) is 4.98 Å². The van der Waals surface area contributed by atoms with E-state index in [0.717, 1.165) is 0 Å². The van der Waals surface area contributed by atoms with Gasteiger partial charge in [0.05, 0.1) is 11.9 Å². The van der Waals surface area contributed by atoms with Gasteiger partial charge in [0.15, 0.2) is 0 Å². The van der Waals surface area contributed by atoms with Crippen molar-refractivity contribution in [3.63, 3.8) is 0 Å². The van der Waals surface area contributed by atoms with Gasteiger partial charge in [0, 0.05) is 25.9 Å². The number of halogens is 2. The summed E-state index contributed by atoms with van der Waals surface area (Å²) >= 11 is 0. The highest BCUT2D eigenvalue weighted by Gasteiger charge is 2.07. The van der Waals surface area contributed by atoms with Gasteiger partial charge in [0.2, 0.25) is 0 Å². The second-order valence-corrected chi connectivity index (χ2v) is 2.67. The van der Waals surface area contributed by atoms with E-state index in [1.807, 2.05) is 13.8 Å². The molecule has 0 spiro atoms. The molecule has 0 saturated carbocycles. The van der Waals surface area contributed by atoms with E-state index in [0.29, 0.717) is 5.69 Å². The van der Waals surface area contributed by atoms with E-state index in [1.165, 1.54) is 12.3 Å². The summed E-state index contributed by atoms with van der Waals surface area (Å²) in [5, 5.41) is 0. The first kappa shape index (κ1) is 12.8. The van der Waals surface area contributed by atoms with Gasteiger partial charge < -0.3 is 4.90 Å². The molecule has 0 unspecified atom stereocenters. The number of aromatic nitrogens is 1. The van der Waals surface area contributed by atoms with Gasteiger partial charge in [0.1, 0.15) is 0 Å². The molecule has 0 radical (unpaired) electrons. The molecular formula is C10H16F2N2. The van der Waals surface area contributed by atoms with Gasteiger partial charge in [-0.25, -0.2) is 8.78 Å². The Bertz CT molecular complexity index is 239. The molecule has 0 aliphatic carbocycles. The molecule has 0 atom stereocenters. The van der Waals surface area contributed by atoms with Gasteiger partial charge in [-0.15, -0.1) is 0 Å². The summed E-state index contributed by atoms with van der Waals surface area (Å²) in [5.74, 6) is 0. The van der Waals surface area contributed by atoms with Crippen molar-refractivity contribution < 1.29 is 8.78 Å². The fraction of sp³-hybridized carbons (Fsp3) is 0.500. The van der Waals surface area contributed by atoms with Crippen LogP contribution in [0.3, 0.4) is 0 Å². The van der Waals surface area contributed by atoms with Crippen LogP contribution >= 0.6 is 0 Å². The number of anilines is 1. The largest absolute Gasteiger partial charge is 0.376 e. The summed E-state index contributed by atoms with van der Waals surface area (Å²) in [6.07, 6.45) is 0.279. The summed E-state index contributed by atoms with van der Waals surface area (Å²) in [4.78, 5) is 5.44. The smallest absolute Gasteiger partial charge is 0.265 e. The van der Waals surface area contributed by atoms with Crippen LogP contribution in [-0.2, 0) is 0 Å². The van der Waals surface area contributed by atoms with Crippen molar-refractivity contribution >= 4 is 5.69 Å². The second-order valence-electron chi connectivity index (χ2n) is 2.67. The Morgan fingerprint density at radius 1 is 1.21 bits per heavy atom. The number of pyridine rings is 1. The van der Waals surface area contributed by atoms with E-state index in [9.17, 15) is 8.78 Å². The Morgan fingerprint density at radius 2 is 1.79 bits per heavy atom. The zero-order valence-corrected chi connectivity index (χ0v) is 8.96. The standard InChI is InChI=1S/C8H10F2N2.C2H6/c1-12(2)7-3-6(8(9)10)4-11-5-7;1-2/h3-5,8H,1-2H3;1-2H3. The van der Waals surface area contributed by atoms with Crippen molar-refractivity contribution in [2.45, 2.75) is 20.3 Å².